The van der Waals surface area contributed by atoms with Crippen molar-refractivity contribution in [1.82, 2.24) is 4.31 Å². The lowest BCUT2D eigenvalue weighted by Crippen LogP contribution is -2.46. The number of sulfonamides is 2. The molecule has 2 N–H and O–H groups in total. The molecule has 1 atom stereocenters. The monoisotopic (exact) mass is 603 g/mol. The van der Waals surface area contributed by atoms with Crippen LogP contribution in [0, 0.1) is 0 Å². The number of amides is 2. The summed E-state index contributed by atoms with van der Waals surface area (Å²) in [7, 11) is -3.84. The normalized spacial score (nSPS) is 15.8. The van der Waals surface area contributed by atoms with Gasteiger partial charge in [-0.3, -0.25) is 9.59 Å². The third-order valence-electron chi connectivity index (χ3n) is 6.63. The van der Waals surface area contributed by atoms with E-state index in [4.69, 9.17) is 19.3 Å². The molecular formula is C27H29N3O9S2. The maximum atomic E-state index is 13.9. The summed E-state index contributed by atoms with van der Waals surface area (Å²) in [5.74, 6) is 0.00430. The molecule has 2 amide bonds. The fourth-order valence-electron chi connectivity index (χ4n) is 4.50. The van der Waals surface area contributed by atoms with Crippen molar-refractivity contribution in [1.29, 1.82) is 0 Å². The second kappa shape index (κ2) is 11.9. The number of benzene rings is 3. The number of nitrogens with two attached hydrogens (primary N) is 1. The largest absolute Gasteiger partial charge is 0.497 e. The van der Waals surface area contributed by atoms with Crippen LogP contribution in [0.3, 0.4) is 0 Å². The van der Waals surface area contributed by atoms with Gasteiger partial charge in [-0.15, -0.1) is 0 Å². The topological polar surface area (TPSA) is 163 Å². The minimum atomic E-state index is -4.27. The highest BCUT2D eigenvalue weighted by molar-refractivity contribution is 7.89. The average Bonchev–Trinajstić information content (AvgIpc) is 3.25. The van der Waals surface area contributed by atoms with Crippen LogP contribution < -0.4 is 24.2 Å². The van der Waals surface area contributed by atoms with Gasteiger partial charge in [0.25, 0.3) is 5.91 Å². The van der Waals surface area contributed by atoms with E-state index < -0.39 is 44.3 Å². The molecule has 0 bridgehead atoms. The Kier molecular flexibility index (Phi) is 8.68. The average molecular weight is 604 g/mol. The van der Waals surface area contributed by atoms with E-state index in [-0.39, 0.29) is 28.4 Å². The molecule has 218 valence electrons. The van der Waals surface area contributed by atoms with Gasteiger partial charge in [0.2, 0.25) is 26.0 Å². The quantitative estimate of drug-likeness (QED) is 0.323. The number of ether oxygens (including phenoxy) is 3. The van der Waals surface area contributed by atoms with E-state index in [9.17, 15) is 26.4 Å². The van der Waals surface area contributed by atoms with Gasteiger partial charge in [-0.25, -0.2) is 26.9 Å². The fraction of sp³-hybridized carbons (Fsp3) is 0.259. The van der Waals surface area contributed by atoms with E-state index in [2.05, 4.69) is 0 Å². The summed E-state index contributed by atoms with van der Waals surface area (Å²) < 4.78 is 67.8. The van der Waals surface area contributed by atoms with Crippen molar-refractivity contribution >= 4 is 37.5 Å². The van der Waals surface area contributed by atoms with E-state index in [0.29, 0.717) is 22.8 Å². The van der Waals surface area contributed by atoms with Crippen LogP contribution in [0.1, 0.15) is 12.0 Å². The highest BCUT2D eigenvalue weighted by atomic mass is 32.2. The Morgan fingerprint density at radius 1 is 0.829 bits per heavy atom. The SMILES string of the molecule is COc1ccc(S(=O)(=O)N(CCc2ccc(OC)c(OC)c2)C2CC(=O)N(c3ccc(S(N)(=O)=O)cc3)C2=O)cc1. The van der Waals surface area contributed by atoms with Gasteiger partial charge in [-0.1, -0.05) is 6.07 Å². The van der Waals surface area contributed by atoms with Gasteiger partial charge in [0.05, 0.1) is 43.2 Å². The molecule has 1 aliphatic rings. The van der Waals surface area contributed by atoms with Crippen LogP contribution in [0.4, 0.5) is 5.69 Å². The van der Waals surface area contributed by atoms with Gasteiger partial charge in [-0.05, 0) is 72.6 Å². The molecule has 4 rings (SSSR count). The standard InChI is InChI=1S/C27H29N3O9S2/c1-37-20-7-11-22(12-8-20)41(35,36)29(15-14-18-4-13-24(38-2)25(16-18)39-3)23-17-26(31)30(27(23)32)19-5-9-21(10-6-19)40(28,33)34/h4-13,16,23H,14-15,17H2,1-3H3,(H2,28,33,34). The van der Waals surface area contributed by atoms with Gasteiger partial charge in [0.15, 0.2) is 11.5 Å². The number of nitrogens with zero attached hydrogens (tertiary/aromatic N) is 2. The zero-order chi connectivity index (χ0) is 29.9. The molecule has 1 saturated heterocycles. The van der Waals surface area contributed by atoms with Crippen LogP contribution >= 0.6 is 0 Å². The third-order valence-corrected chi connectivity index (χ3v) is 9.48. The van der Waals surface area contributed by atoms with Crippen LogP contribution in [0.2, 0.25) is 0 Å². The predicted molar refractivity (Wildman–Crippen MR) is 149 cm³/mol. The van der Waals surface area contributed by atoms with E-state index in [1.54, 1.807) is 18.2 Å². The molecule has 3 aromatic carbocycles. The number of primary sulfonamides is 1. The van der Waals surface area contributed by atoms with Crippen molar-refractivity contribution in [3.63, 3.8) is 0 Å². The van der Waals surface area contributed by atoms with Gasteiger partial charge < -0.3 is 14.2 Å². The molecule has 1 fully saturated rings. The first-order valence-electron chi connectivity index (χ1n) is 12.3. The van der Waals surface area contributed by atoms with Gasteiger partial charge >= 0.3 is 0 Å². The van der Waals surface area contributed by atoms with Gasteiger partial charge in [0.1, 0.15) is 11.8 Å². The Morgan fingerprint density at radius 2 is 1.44 bits per heavy atom. The minimum Gasteiger partial charge on any atom is -0.497 e. The summed E-state index contributed by atoms with van der Waals surface area (Å²) in [6, 6.07) is 14.4. The molecule has 0 spiro atoms. The van der Waals surface area contributed by atoms with Crippen LogP contribution in [0.25, 0.3) is 0 Å². The molecule has 41 heavy (non-hydrogen) atoms. The minimum absolute atomic E-state index is 0.0817. The lowest BCUT2D eigenvalue weighted by Gasteiger charge is -2.27. The summed E-state index contributed by atoms with van der Waals surface area (Å²) in [5, 5.41) is 5.14. The predicted octanol–water partition coefficient (Wildman–Crippen LogP) is 1.93. The van der Waals surface area contributed by atoms with E-state index >= 15 is 0 Å². The summed E-state index contributed by atoms with van der Waals surface area (Å²) in [6.07, 6.45) is -0.214. The summed E-state index contributed by atoms with van der Waals surface area (Å²) in [6.45, 7) is -0.133. The lowest BCUT2D eigenvalue weighted by atomic mass is 10.1. The molecule has 0 aromatic heterocycles. The zero-order valence-electron chi connectivity index (χ0n) is 22.5. The van der Waals surface area contributed by atoms with E-state index in [1.807, 2.05) is 0 Å². The van der Waals surface area contributed by atoms with Crippen molar-refractivity contribution in [3.05, 3.63) is 72.3 Å². The first-order valence-corrected chi connectivity index (χ1v) is 15.3. The Hall–Kier alpha value is -3.98. The number of hydrogen-bond donors (Lipinski definition) is 1. The van der Waals surface area contributed by atoms with E-state index in [0.717, 1.165) is 9.21 Å². The number of carbonyl (C=O) groups is 2. The van der Waals surface area contributed by atoms with Crippen LogP contribution in [0.5, 0.6) is 17.2 Å². The number of methoxy groups -OCH3 is 3. The van der Waals surface area contributed by atoms with Crippen LogP contribution in [0.15, 0.2) is 76.5 Å². The van der Waals surface area contributed by atoms with Gasteiger partial charge in [0, 0.05) is 6.54 Å². The highest BCUT2D eigenvalue weighted by Gasteiger charge is 2.46. The van der Waals surface area contributed by atoms with Crippen molar-refractivity contribution in [2.75, 3.05) is 32.8 Å². The molecule has 1 unspecified atom stereocenters. The molecule has 3 aromatic rings. The van der Waals surface area contributed by atoms with Gasteiger partial charge in [-0.2, -0.15) is 4.31 Å². The highest BCUT2D eigenvalue weighted by Crippen LogP contribution is 2.32. The van der Waals surface area contributed by atoms with Crippen LogP contribution in [-0.4, -0.2) is 66.9 Å². The third kappa shape index (κ3) is 6.20. The Labute approximate surface area is 238 Å². The van der Waals surface area contributed by atoms with E-state index in [1.165, 1.54) is 69.9 Å². The molecule has 12 nitrogen and oxygen atoms in total. The molecular weight excluding hydrogens is 574 g/mol. The number of imide groups is 1. The maximum absolute atomic E-state index is 13.9. The number of rotatable bonds is 11. The lowest BCUT2D eigenvalue weighted by molar-refractivity contribution is -0.122. The fourth-order valence-corrected chi connectivity index (χ4v) is 6.60. The van der Waals surface area contributed by atoms with Crippen molar-refractivity contribution < 1.29 is 40.6 Å². The smallest absolute Gasteiger partial charge is 0.252 e. The first kappa shape index (κ1) is 30.0. The Bertz CT molecular complexity index is 1660. The Morgan fingerprint density at radius 3 is 2.00 bits per heavy atom. The summed E-state index contributed by atoms with van der Waals surface area (Å²) in [4.78, 5) is 27.2. The molecule has 1 aliphatic heterocycles. The molecule has 0 saturated carbocycles. The summed E-state index contributed by atoms with van der Waals surface area (Å²) >= 11 is 0. The molecule has 0 aliphatic carbocycles. The number of carbonyl (C=O) groups excluding carboxylic acids is 2. The van der Waals surface area contributed by atoms with Crippen molar-refractivity contribution in [2.24, 2.45) is 5.14 Å². The molecule has 1 heterocycles. The summed E-state index contributed by atoms with van der Waals surface area (Å²) in [5.41, 5.74) is 0.807. The second-order valence-electron chi connectivity index (χ2n) is 9.06. The molecule has 0 radical (unpaired) electrons. The molecule has 14 heteroatoms. The number of hydrogen-bond acceptors (Lipinski definition) is 9. The van der Waals surface area contributed by atoms with Crippen molar-refractivity contribution in [2.45, 2.75) is 28.7 Å². The second-order valence-corrected chi connectivity index (χ2v) is 12.5. The zero-order valence-corrected chi connectivity index (χ0v) is 24.1. The van der Waals surface area contributed by atoms with Crippen molar-refractivity contribution in [3.8, 4) is 17.2 Å². The number of anilines is 1. The Balaban J connectivity index is 1.69. The maximum Gasteiger partial charge on any atom is 0.252 e. The van der Waals surface area contributed by atoms with Crippen LogP contribution in [-0.2, 0) is 36.1 Å². The first-order chi connectivity index (χ1) is 19.4.